The molecule has 1 unspecified atom stereocenters. The number of benzene rings is 1. The van der Waals surface area contributed by atoms with E-state index in [1.807, 2.05) is 50.4 Å². The average molecular weight is 374 g/mol. The van der Waals surface area contributed by atoms with Crippen LogP contribution < -0.4 is 5.32 Å². The van der Waals surface area contributed by atoms with Crippen molar-refractivity contribution < 1.29 is 4.79 Å². The fourth-order valence-electron chi connectivity index (χ4n) is 2.39. The Morgan fingerprint density at radius 3 is 2.96 bits per heavy atom. The molecule has 1 aromatic carbocycles. The highest BCUT2D eigenvalue weighted by Gasteiger charge is 2.15. The molecule has 130 valence electrons. The predicted octanol–water partition coefficient (Wildman–Crippen LogP) is 3.31. The molecular weight excluding hydrogens is 354 g/mol. The molecule has 0 saturated heterocycles. The number of nitrogens with zero attached hydrogens (tertiary/aromatic N) is 4. The molecule has 2 heterocycles. The molecule has 3 aromatic rings. The van der Waals surface area contributed by atoms with E-state index in [-0.39, 0.29) is 17.7 Å². The summed E-state index contributed by atoms with van der Waals surface area (Å²) in [7, 11) is 0. The first-order valence-electron chi connectivity index (χ1n) is 7.86. The van der Waals surface area contributed by atoms with Crippen LogP contribution in [0.3, 0.4) is 0 Å². The van der Waals surface area contributed by atoms with Gasteiger partial charge in [-0.05, 0) is 59.8 Å². The molecule has 1 atom stereocenters. The van der Waals surface area contributed by atoms with Gasteiger partial charge in [0.05, 0.1) is 17.5 Å². The first kappa shape index (κ1) is 17.6. The van der Waals surface area contributed by atoms with Crippen LogP contribution in [-0.2, 0) is 4.79 Å². The summed E-state index contributed by atoms with van der Waals surface area (Å²) in [6.07, 6.45) is 0. The van der Waals surface area contributed by atoms with Gasteiger partial charge in [-0.3, -0.25) is 4.79 Å². The number of thioether (sulfide) groups is 1. The smallest absolute Gasteiger partial charge is 0.230 e. The SMILES string of the molecule is Cc1ccc(C)c(-n2nnnc2SCC(=O)NC(C)c2cccs2)c1. The van der Waals surface area contributed by atoms with Crippen LogP contribution in [-0.4, -0.2) is 31.9 Å². The Balaban J connectivity index is 1.65. The van der Waals surface area contributed by atoms with Crippen LogP contribution in [0.4, 0.5) is 0 Å². The van der Waals surface area contributed by atoms with Gasteiger partial charge in [0.1, 0.15) is 0 Å². The topological polar surface area (TPSA) is 72.7 Å². The number of rotatable bonds is 6. The van der Waals surface area contributed by atoms with E-state index in [9.17, 15) is 4.79 Å². The Labute approximate surface area is 154 Å². The van der Waals surface area contributed by atoms with Crippen molar-refractivity contribution in [1.82, 2.24) is 25.5 Å². The van der Waals surface area contributed by atoms with Crippen molar-refractivity contribution in [2.24, 2.45) is 0 Å². The minimum Gasteiger partial charge on any atom is -0.348 e. The number of carbonyl (C=O) groups is 1. The third-order valence-corrected chi connectivity index (χ3v) is 5.69. The zero-order chi connectivity index (χ0) is 17.8. The summed E-state index contributed by atoms with van der Waals surface area (Å²) in [6, 6.07) is 10.1. The van der Waals surface area contributed by atoms with Gasteiger partial charge in [-0.1, -0.05) is 30.0 Å². The van der Waals surface area contributed by atoms with E-state index in [4.69, 9.17) is 0 Å². The maximum Gasteiger partial charge on any atom is 0.230 e. The highest BCUT2D eigenvalue weighted by atomic mass is 32.2. The van der Waals surface area contributed by atoms with Crippen LogP contribution in [0.25, 0.3) is 5.69 Å². The summed E-state index contributed by atoms with van der Waals surface area (Å²) in [5.41, 5.74) is 3.14. The van der Waals surface area contributed by atoms with Crippen LogP contribution in [0.1, 0.15) is 29.0 Å². The van der Waals surface area contributed by atoms with Gasteiger partial charge in [0.2, 0.25) is 11.1 Å². The Bertz CT molecular complexity index is 860. The quantitative estimate of drug-likeness (QED) is 0.671. The molecule has 0 radical (unpaired) electrons. The molecule has 2 aromatic heterocycles. The molecular formula is C17H19N5OS2. The normalized spacial score (nSPS) is 12.1. The van der Waals surface area contributed by atoms with Gasteiger partial charge < -0.3 is 5.32 Å². The molecule has 25 heavy (non-hydrogen) atoms. The van der Waals surface area contributed by atoms with E-state index in [1.54, 1.807) is 16.0 Å². The molecule has 0 aliphatic rings. The number of tetrazole rings is 1. The molecule has 1 N–H and O–H groups in total. The summed E-state index contributed by atoms with van der Waals surface area (Å²) in [4.78, 5) is 13.3. The number of nitrogens with one attached hydrogen (secondary N) is 1. The lowest BCUT2D eigenvalue weighted by Crippen LogP contribution is -2.27. The molecule has 0 aliphatic heterocycles. The van der Waals surface area contributed by atoms with Crippen LogP contribution >= 0.6 is 23.1 Å². The predicted molar refractivity (Wildman–Crippen MR) is 100 cm³/mol. The molecule has 1 amide bonds. The molecule has 0 bridgehead atoms. The summed E-state index contributed by atoms with van der Waals surface area (Å²) >= 11 is 2.96. The number of carbonyl (C=O) groups excluding carboxylic acids is 1. The van der Waals surface area contributed by atoms with Gasteiger partial charge in [-0.2, -0.15) is 4.68 Å². The van der Waals surface area contributed by atoms with Gasteiger partial charge in [0.15, 0.2) is 0 Å². The first-order chi connectivity index (χ1) is 12.0. The number of aromatic nitrogens is 4. The number of hydrogen-bond acceptors (Lipinski definition) is 6. The minimum atomic E-state index is -0.0404. The van der Waals surface area contributed by atoms with E-state index in [1.165, 1.54) is 11.8 Å². The number of aryl methyl sites for hydroxylation is 2. The van der Waals surface area contributed by atoms with Crippen LogP contribution in [0.5, 0.6) is 0 Å². The zero-order valence-electron chi connectivity index (χ0n) is 14.3. The summed E-state index contributed by atoms with van der Waals surface area (Å²) in [5.74, 6) is 0.224. The molecule has 3 rings (SSSR count). The van der Waals surface area contributed by atoms with Crippen molar-refractivity contribution in [3.63, 3.8) is 0 Å². The van der Waals surface area contributed by atoms with Crippen LogP contribution in [0.2, 0.25) is 0 Å². The second kappa shape index (κ2) is 7.79. The van der Waals surface area contributed by atoms with Gasteiger partial charge in [0.25, 0.3) is 0 Å². The molecule has 0 fully saturated rings. The lowest BCUT2D eigenvalue weighted by atomic mass is 10.1. The Morgan fingerprint density at radius 1 is 1.36 bits per heavy atom. The van der Waals surface area contributed by atoms with E-state index >= 15 is 0 Å². The first-order valence-corrected chi connectivity index (χ1v) is 9.72. The molecule has 8 heteroatoms. The summed E-state index contributed by atoms with van der Waals surface area (Å²) in [6.45, 7) is 6.02. The van der Waals surface area contributed by atoms with Gasteiger partial charge in [-0.25, -0.2) is 0 Å². The van der Waals surface area contributed by atoms with E-state index in [0.717, 1.165) is 21.7 Å². The fraction of sp³-hybridized carbons (Fsp3) is 0.294. The van der Waals surface area contributed by atoms with Crippen molar-refractivity contribution >= 4 is 29.0 Å². The lowest BCUT2D eigenvalue weighted by molar-refractivity contribution is -0.119. The largest absolute Gasteiger partial charge is 0.348 e. The van der Waals surface area contributed by atoms with Crippen molar-refractivity contribution in [2.45, 2.75) is 32.0 Å². The number of hydrogen-bond donors (Lipinski definition) is 1. The van der Waals surface area contributed by atoms with Crippen molar-refractivity contribution in [2.75, 3.05) is 5.75 Å². The average Bonchev–Trinajstić information content (AvgIpc) is 3.26. The highest BCUT2D eigenvalue weighted by Crippen LogP contribution is 2.22. The molecule has 0 spiro atoms. The highest BCUT2D eigenvalue weighted by molar-refractivity contribution is 7.99. The van der Waals surface area contributed by atoms with Crippen LogP contribution in [0.15, 0.2) is 40.9 Å². The van der Waals surface area contributed by atoms with Crippen molar-refractivity contribution in [3.8, 4) is 5.69 Å². The van der Waals surface area contributed by atoms with E-state index in [0.29, 0.717) is 5.16 Å². The fourth-order valence-corrected chi connectivity index (χ4v) is 3.82. The molecule has 0 saturated carbocycles. The maximum absolute atomic E-state index is 12.2. The minimum absolute atomic E-state index is 0.00288. The lowest BCUT2D eigenvalue weighted by Gasteiger charge is -2.12. The van der Waals surface area contributed by atoms with Crippen LogP contribution in [0, 0.1) is 13.8 Å². The summed E-state index contributed by atoms with van der Waals surface area (Å²) < 4.78 is 1.68. The Hall–Kier alpha value is -2.19. The van der Waals surface area contributed by atoms with Gasteiger partial charge in [0, 0.05) is 4.88 Å². The van der Waals surface area contributed by atoms with E-state index < -0.39 is 0 Å². The third kappa shape index (κ3) is 4.26. The summed E-state index contributed by atoms with van der Waals surface area (Å²) in [5, 5.41) is 17.5. The van der Waals surface area contributed by atoms with Gasteiger partial charge >= 0.3 is 0 Å². The standard InChI is InChI=1S/C17H19N5OS2/c1-11-6-7-12(2)14(9-11)22-17(19-20-21-22)25-10-16(23)18-13(3)15-5-4-8-24-15/h4-9,13H,10H2,1-3H3,(H,18,23). The Kier molecular flexibility index (Phi) is 5.50. The van der Waals surface area contributed by atoms with Crippen molar-refractivity contribution in [1.29, 1.82) is 0 Å². The number of amides is 1. The van der Waals surface area contributed by atoms with E-state index in [2.05, 4.69) is 26.9 Å². The zero-order valence-corrected chi connectivity index (χ0v) is 15.9. The number of thiophene rings is 1. The maximum atomic E-state index is 12.2. The van der Waals surface area contributed by atoms with Gasteiger partial charge in [-0.15, -0.1) is 16.4 Å². The third-order valence-electron chi connectivity index (χ3n) is 3.71. The second-order valence-corrected chi connectivity index (χ2v) is 7.68. The molecule has 0 aliphatic carbocycles. The van der Waals surface area contributed by atoms with Crippen molar-refractivity contribution in [3.05, 3.63) is 51.7 Å². The Morgan fingerprint density at radius 2 is 2.20 bits per heavy atom. The second-order valence-electron chi connectivity index (χ2n) is 5.76. The monoisotopic (exact) mass is 373 g/mol. The molecule has 6 nitrogen and oxygen atoms in total.